The van der Waals surface area contributed by atoms with Gasteiger partial charge in [-0.3, -0.25) is 0 Å². The minimum absolute atomic E-state index is 0.572. The number of hydrogen-bond donors (Lipinski definition) is 1. The molecule has 2 rings (SSSR count). The van der Waals surface area contributed by atoms with Gasteiger partial charge < -0.3 is 0 Å². The lowest BCUT2D eigenvalue weighted by atomic mass is 10.4. The van der Waals surface area contributed by atoms with Gasteiger partial charge in [-0.1, -0.05) is 0 Å². The molecule has 56 valence electrons. The molecule has 2 heterocycles. The summed E-state index contributed by atoms with van der Waals surface area (Å²) in [5, 5.41) is 3.63. The highest BCUT2D eigenvalue weighted by atomic mass is 32.2. The van der Waals surface area contributed by atoms with E-state index in [-0.39, 0.29) is 0 Å². The van der Waals surface area contributed by atoms with Crippen molar-refractivity contribution in [2.24, 2.45) is 5.10 Å². The smallest absolute Gasteiger partial charge is 0.170 e. The standard InChI is InChI=1S/C5H4N4OS/c10-11-5-2-6-3-7-4(5)1-8-9-11/h1-3,9H. The molecule has 1 aromatic heterocycles. The molecule has 0 saturated heterocycles. The van der Waals surface area contributed by atoms with E-state index in [0.29, 0.717) is 10.6 Å². The second-order valence-corrected chi connectivity index (χ2v) is 3.05. The second-order valence-electron chi connectivity index (χ2n) is 1.89. The lowest BCUT2D eigenvalue weighted by molar-refractivity contribution is 0.672. The van der Waals surface area contributed by atoms with Gasteiger partial charge in [0.25, 0.3) is 0 Å². The van der Waals surface area contributed by atoms with Crippen molar-refractivity contribution < 1.29 is 4.21 Å². The number of nitrogens with zero attached hydrogens (tertiary/aromatic N) is 3. The molecule has 1 aliphatic heterocycles. The summed E-state index contributed by atoms with van der Waals surface area (Å²) >= 11 is 0. The first-order valence-corrected chi connectivity index (χ1v) is 4.03. The fraction of sp³-hybridized carbons (Fsp3) is 0. The first kappa shape index (κ1) is 6.41. The molecule has 6 heteroatoms. The number of hydrazone groups is 1. The van der Waals surface area contributed by atoms with Gasteiger partial charge in [0.05, 0.1) is 6.21 Å². The topological polar surface area (TPSA) is 67.2 Å². The summed E-state index contributed by atoms with van der Waals surface area (Å²) in [5.41, 5.74) is 0.608. The highest BCUT2D eigenvalue weighted by Gasteiger charge is 2.12. The first-order valence-electron chi connectivity index (χ1n) is 2.88. The van der Waals surface area contributed by atoms with E-state index in [1.165, 1.54) is 18.7 Å². The summed E-state index contributed by atoms with van der Waals surface area (Å²) < 4.78 is 11.1. The van der Waals surface area contributed by atoms with Crippen LogP contribution in [0.1, 0.15) is 5.69 Å². The average Bonchev–Trinajstić information content (AvgIpc) is 2.06. The number of aromatic nitrogens is 2. The fourth-order valence-electron chi connectivity index (χ4n) is 0.751. The predicted molar refractivity (Wildman–Crippen MR) is 39.2 cm³/mol. The van der Waals surface area contributed by atoms with Crippen molar-refractivity contribution in [2.75, 3.05) is 0 Å². The monoisotopic (exact) mass is 168 g/mol. The summed E-state index contributed by atoms with van der Waals surface area (Å²) in [7, 11) is -1.29. The molecule has 0 aromatic carbocycles. The molecule has 0 amide bonds. The van der Waals surface area contributed by atoms with E-state index in [2.05, 4.69) is 19.9 Å². The molecule has 5 nitrogen and oxygen atoms in total. The van der Waals surface area contributed by atoms with Crippen LogP contribution in [-0.4, -0.2) is 20.4 Å². The maximum atomic E-state index is 11.1. The van der Waals surface area contributed by atoms with Crippen molar-refractivity contribution in [2.45, 2.75) is 4.90 Å². The van der Waals surface area contributed by atoms with Crippen LogP contribution in [0.2, 0.25) is 0 Å². The maximum absolute atomic E-state index is 11.1. The van der Waals surface area contributed by atoms with Crippen molar-refractivity contribution in [1.82, 2.24) is 14.8 Å². The van der Waals surface area contributed by atoms with Gasteiger partial charge >= 0.3 is 0 Å². The van der Waals surface area contributed by atoms with Gasteiger partial charge in [0, 0.05) is 6.20 Å². The van der Waals surface area contributed by atoms with Gasteiger partial charge in [-0.2, -0.15) is 5.10 Å². The minimum Gasteiger partial charge on any atom is -0.243 e. The third kappa shape index (κ3) is 1.01. The Balaban J connectivity index is 2.63. The molecular weight excluding hydrogens is 164 g/mol. The van der Waals surface area contributed by atoms with E-state index in [1.807, 2.05) is 0 Å². The Morgan fingerprint density at radius 2 is 2.45 bits per heavy atom. The zero-order valence-corrected chi connectivity index (χ0v) is 6.21. The quantitative estimate of drug-likeness (QED) is 0.564. The predicted octanol–water partition coefficient (Wildman–Crippen LogP) is -0.564. The summed E-state index contributed by atoms with van der Waals surface area (Å²) in [6.45, 7) is 0. The molecule has 1 atom stereocenters. The van der Waals surface area contributed by atoms with E-state index < -0.39 is 11.0 Å². The van der Waals surface area contributed by atoms with Crippen LogP contribution in [0, 0.1) is 0 Å². The SMILES string of the molecule is O=S1NN=Cc2ncncc21. The molecule has 1 aromatic rings. The molecule has 0 radical (unpaired) electrons. The van der Waals surface area contributed by atoms with Crippen LogP contribution < -0.4 is 4.83 Å². The minimum atomic E-state index is -1.29. The van der Waals surface area contributed by atoms with Crippen molar-refractivity contribution >= 4 is 17.2 Å². The van der Waals surface area contributed by atoms with Crippen LogP contribution in [-0.2, 0) is 11.0 Å². The molecule has 0 saturated carbocycles. The normalized spacial score (nSPS) is 20.5. The third-order valence-corrected chi connectivity index (χ3v) is 2.22. The zero-order chi connectivity index (χ0) is 7.68. The number of fused-ring (bicyclic) bond motifs is 1. The van der Waals surface area contributed by atoms with Crippen molar-refractivity contribution in [1.29, 1.82) is 0 Å². The summed E-state index contributed by atoms with van der Waals surface area (Å²) in [4.78, 5) is 10.6. The number of rotatable bonds is 0. The maximum Gasteiger partial charge on any atom is 0.170 e. The van der Waals surface area contributed by atoms with Crippen LogP contribution in [0.4, 0.5) is 0 Å². The van der Waals surface area contributed by atoms with Crippen LogP contribution in [0.25, 0.3) is 0 Å². The van der Waals surface area contributed by atoms with E-state index >= 15 is 0 Å². The van der Waals surface area contributed by atoms with E-state index in [4.69, 9.17) is 0 Å². The lowest BCUT2D eigenvalue weighted by Gasteiger charge is -2.06. The summed E-state index contributed by atoms with van der Waals surface area (Å²) in [5.74, 6) is 0. The van der Waals surface area contributed by atoms with Gasteiger partial charge in [-0.25, -0.2) is 19.0 Å². The van der Waals surface area contributed by atoms with Crippen LogP contribution in [0.15, 0.2) is 22.5 Å². The first-order chi connectivity index (χ1) is 5.38. The molecule has 1 aliphatic rings. The Morgan fingerprint density at radius 1 is 1.55 bits per heavy atom. The molecule has 11 heavy (non-hydrogen) atoms. The molecular formula is C5H4N4OS. The van der Waals surface area contributed by atoms with E-state index in [0.717, 1.165) is 0 Å². The van der Waals surface area contributed by atoms with Gasteiger partial charge in [-0.05, 0) is 0 Å². The summed E-state index contributed by atoms with van der Waals surface area (Å²) in [6.07, 6.45) is 4.42. The number of nitrogens with one attached hydrogen (secondary N) is 1. The molecule has 1 N–H and O–H groups in total. The third-order valence-electron chi connectivity index (χ3n) is 1.23. The van der Waals surface area contributed by atoms with Crippen molar-refractivity contribution in [3.8, 4) is 0 Å². The Labute approximate surface area is 65.2 Å². The van der Waals surface area contributed by atoms with Gasteiger partial charge in [0.2, 0.25) is 0 Å². The highest BCUT2D eigenvalue weighted by molar-refractivity contribution is 7.83. The van der Waals surface area contributed by atoms with E-state index in [1.54, 1.807) is 0 Å². The number of hydrogen-bond acceptors (Lipinski definition) is 4. The van der Waals surface area contributed by atoms with Crippen molar-refractivity contribution in [3.05, 3.63) is 18.2 Å². The summed E-state index contributed by atoms with van der Waals surface area (Å²) in [6, 6.07) is 0. The molecule has 0 spiro atoms. The molecule has 1 unspecified atom stereocenters. The zero-order valence-electron chi connectivity index (χ0n) is 5.39. The highest BCUT2D eigenvalue weighted by Crippen LogP contribution is 2.08. The van der Waals surface area contributed by atoms with E-state index in [9.17, 15) is 4.21 Å². The average molecular weight is 168 g/mol. The Bertz CT molecular complexity index is 337. The van der Waals surface area contributed by atoms with Crippen molar-refractivity contribution in [3.63, 3.8) is 0 Å². The van der Waals surface area contributed by atoms with Crippen LogP contribution in [0.5, 0.6) is 0 Å². The lowest BCUT2D eigenvalue weighted by Crippen LogP contribution is -2.18. The van der Waals surface area contributed by atoms with Gasteiger partial charge in [0.15, 0.2) is 11.0 Å². The molecule has 0 fully saturated rings. The Kier molecular flexibility index (Phi) is 1.39. The second kappa shape index (κ2) is 2.39. The Morgan fingerprint density at radius 3 is 3.27 bits per heavy atom. The van der Waals surface area contributed by atoms with Crippen LogP contribution >= 0.6 is 0 Å². The largest absolute Gasteiger partial charge is 0.243 e. The molecule has 0 bridgehead atoms. The fourth-order valence-corrected chi connectivity index (χ4v) is 1.45. The molecule has 0 aliphatic carbocycles. The Hall–Kier alpha value is -1.30. The van der Waals surface area contributed by atoms with Crippen LogP contribution in [0.3, 0.4) is 0 Å². The van der Waals surface area contributed by atoms with Gasteiger partial charge in [0.1, 0.15) is 16.9 Å². The van der Waals surface area contributed by atoms with Gasteiger partial charge in [-0.15, -0.1) is 0 Å².